The summed E-state index contributed by atoms with van der Waals surface area (Å²) in [6, 6.07) is 2.88. The van der Waals surface area contributed by atoms with Crippen molar-refractivity contribution >= 4 is 59.6 Å². The molecule has 8 nitrogen and oxygen atoms in total. The fourth-order valence-corrected chi connectivity index (χ4v) is 4.48. The van der Waals surface area contributed by atoms with Gasteiger partial charge in [-0.1, -0.05) is 0 Å². The Hall–Kier alpha value is -0.930. The Bertz CT molecular complexity index is 1090. The molecule has 0 aliphatic heterocycles. The zero-order valence-electron chi connectivity index (χ0n) is 11.8. The van der Waals surface area contributed by atoms with Crippen molar-refractivity contribution in [2.24, 2.45) is 0 Å². The second-order valence-corrected chi connectivity index (χ2v) is 9.37. The predicted octanol–water partition coefficient (Wildman–Crippen LogP) is 0.643. The molecule has 2 aromatic carbocycles. The monoisotopic (exact) mass is 438 g/mol. The molecule has 2 N–H and O–H groups in total. The molecule has 0 aliphatic rings. The number of hydrogen-bond donors (Lipinski definition) is 2. The fourth-order valence-electron chi connectivity index (χ4n) is 1.83. The molecule has 0 fully saturated rings. The van der Waals surface area contributed by atoms with E-state index in [1.54, 1.807) is 0 Å². The maximum atomic E-state index is 13.4. The summed E-state index contributed by atoms with van der Waals surface area (Å²) in [6.07, 6.45) is 0. The Balaban J connectivity index is 0.00000338. The number of halogens is 2. The van der Waals surface area contributed by atoms with Gasteiger partial charge >= 0.3 is 29.6 Å². The number of rotatable bonds is 4. The maximum absolute atomic E-state index is 13.4. The quantitative estimate of drug-likeness (QED) is 0.402. The molecule has 0 aromatic heterocycles. The van der Waals surface area contributed by atoms with E-state index >= 15 is 0 Å². The Morgan fingerprint density at radius 1 is 0.654 bits per heavy atom. The van der Waals surface area contributed by atoms with Gasteiger partial charge < -0.3 is 0 Å². The molecule has 0 amide bonds. The molecule has 0 saturated carbocycles. The molecule has 0 saturated heterocycles. The van der Waals surface area contributed by atoms with Crippen molar-refractivity contribution in [2.75, 3.05) is 0 Å². The average molecular weight is 438 g/mol. The van der Waals surface area contributed by atoms with E-state index in [4.69, 9.17) is 9.11 Å². The normalized spacial score (nSPS) is 12.5. The average Bonchev–Trinajstić information content (AvgIpc) is 2.45. The molecule has 0 bridgehead atoms. The van der Waals surface area contributed by atoms with Gasteiger partial charge in [0.15, 0.2) is 0 Å². The third-order valence-electron chi connectivity index (χ3n) is 2.98. The van der Waals surface area contributed by atoms with Crippen molar-refractivity contribution in [1.82, 2.24) is 0 Å². The fraction of sp³-hybridized carbons (Fsp3) is 0. The van der Waals surface area contributed by atoms with Crippen LogP contribution in [0.15, 0.2) is 56.0 Å². The number of hydrogen-bond acceptors (Lipinski definition) is 6. The van der Waals surface area contributed by atoms with Crippen molar-refractivity contribution in [3.05, 3.63) is 48.0 Å². The van der Waals surface area contributed by atoms with Gasteiger partial charge in [-0.15, -0.1) is 0 Å². The van der Waals surface area contributed by atoms with Crippen LogP contribution in [0.5, 0.6) is 0 Å². The van der Waals surface area contributed by atoms with Gasteiger partial charge in [0.1, 0.15) is 21.4 Å². The molecule has 0 aliphatic carbocycles. The van der Waals surface area contributed by atoms with Crippen LogP contribution in [0.25, 0.3) is 0 Å². The van der Waals surface area contributed by atoms with E-state index in [0.717, 1.165) is 0 Å². The molecule has 0 atom stereocenters. The van der Waals surface area contributed by atoms with Gasteiger partial charge in [-0.25, -0.2) is 17.2 Å². The van der Waals surface area contributed by atoms with Gasteiger partial charge in [-0.3, -0.25) is 9.11 Å². The second-order valence-electron chi connectivity index (χ2n) is 4.64. The van der Waals surface area contributed by atoms with E-state index in [0.29, 0.717) is 36.4 Å². The van der Waals surface area contributed by atoms with Gasteiger partial charge in [0.25, 0.3) is 20.2 Å². The van der Waals surface area contributed by atoms with Crippen LogP contribution >= 0.6 is 0 Å². The minimum atomic E-state index is -5.07. The van der Waals surface area contributed by atoms with Crippen LogP contribution in [0.4, 0.5) is 8.78 Å². The van der Waals surface area contributed by atoms with Gasteiger partial charge in [0.2, 0.25) is 9.84 Å². The van der Waals surface area contributed by atoms with Crippen LogP contribution in [0.1, 0.15) is 0 Å². The molecule has 2 aromatic rings. The molecule has 138 valence electrons. The zero-order chi connectivity index (χ0) is 19.2. The van der Waals surface area contributed by atoms with E-state index in [2.05, 4.69) is 0 Å². The summed E-state index contributed by atoms with van der Waals surface area (Å²) in [5.41, 5.74) is 0. The Morgan fingerprint density at radius 3 is 1.23 bits per heavy atom. The minimum absolute atomic E-state index is 0. The molecular weight excluding hydrogens is 429 g/mol. The standard InChI is InChI=1S/C12H8F2O8S3.Na.H/c13-9-3-1-7(5-11(9)24(17,18)19)23(15,16)8-2-4-10(14)12(6-8)25(20,21)22;;/h1-6H,(H,17,18,19)(H,20,21,22);;. The van der Waals surface area contributed by atoms with Crippen molar-refractivity contribution in [2.45, 2.75) is 19.6 Å². The van der Waals surface area contributed by atoms with Gasteiger partial charge in [0, 0.05) is 0 Å². The molecule has 0 radical (unpaired) electrons. The summed E-state index contributed by atoms with van der Waals surface area (Å²) in [5.74, 6) is -2.83. The third kappa shape index (κ3) is 4.67. The summed E-state index contributed by atoms with van der Waals surface area (Å²) in [5, 5.41) is 0. The Labute approximate surface area is 169 Å². The van der Waals surface area contributed by atoms with Crippen LogP contribution in [-0.2, 0) is 30.1 Å². The summed E-state index contributed by atoms with van der Waals surface area (Å²) >= 11 is 0. The predicted molar refractivity (Wildman–Crippen MR) is 85.0 cm³/mol. The van der Waals surface area contributed by atoms with Crippen molar-refractivity contribution in [3.8, 4) is 0 Å². The summed E-state index contributed by atoms with van der Waals surface area (Å²) in [4.78, 5) is -4.25. The molecule has 0 heterocycles. The van der Waals surface area contributed by atoms with Crippen LogP contribution in [0, 0.1) is 11.6 Å². The summed E-state index contributed by atoms with van der Waals surface area (Å²) in [6.45, 7) is 0. The molecule has 2 rings (SSSR count). The van der Waals surface area contributed by atoms with E-state index in [1.165, 1.54) is 0 Å². The van der Waals surface area contributed by atoms with Crippen molar-refractivity contribution in [3.63, 3.8) is 0 Å². The zero-order valence-corrected chi connectivity index (χ0v) is 14.2. The van der Waals surface area contributed by atoms with Gasteiger partial charge in [-0.05, 0) is 36.4 Å². The van der Waals surface area contributed by atoms with E-state index in [-0.39, 0.29) is 29.6 Å². The SMILES string of the molecule is O=S(=O)(O)c1cc(S(=O)(=O)c2ccc(F)c(S(=O)(=O)O)c2)ccc1F.[NaH]. The van der Waals surface area contributed by atoms with Crippen LogP contribution in [-0.4, -0.2) is 63.9 Å². The first-order valence-corrected chi connectivity index (χ1v) is 10.4. The van der Waals surface area contributed by atoms with Crippen molar-refractivity contribution < 1.29 is 43.1 Å². The summed E-state index contributed by atoms with van der Waals surface area (Å²) < 4.78 is 114. The number of sulfone groups is 1. The number of benzene rings is 2. The van der Waals surface area contributed by atoms with E-state index < -0.39 is 61.3 Å². The topological polar surface area (TPSA) is 143 Å². The summed E-state index contributed by atoms with van der Waals surface area (Å²) in [7, 11) is -14.8. The van der Waals surface area contributed by atoms with E-state index in [9.17, 15) is 34.0 Å². The van der Waals surface area contributed by atoms with Gasteiger partial charge in [0.05, 0.1) is 9.79 Å². The van der Waals surface area contributed by atoms with Crippen LogP contribution in [0.2, 0.25) is 0 Å². The Morgan fingerprint density at radius 2 is 0.962 bits per heavy atom. The van der Waals surface area contributed by atoms with Crippen molar-refractivity contribution in [1.29, 1.82) is 0 Å². The van der Waals surface area contributed by atoms with Crippen LogP contribution < -0.4 is 0 Å². The Kier molecular flexibility index (Phi) is 6.75. The molecule has 0 spiro atoms. The molecular formula is C12H9F2NaO8S3. The first-order valence-electron chi connectivity index (χ1n) is 6.04. The first-order chi connectivity index (χ1) is 11.2. The van der Waals surface area contributed by atoms with Gasteiger partial charge in [-0.2, -0.15) is 16.8 Å². The molecule has 26 heavy (non-hydrogen) atoms. The second kappa shape index (κ2) is 7.59. The molecule has 14 heteroatoms. The van der Waals surface area contributed by atoms with Crippen LogP contribution in [0.3, 0.4) is 0 Å². The first kappa shape index (κ1) is 23.1. The molecule has 0 unspecified atom stereocenters. The van der Waals surface area contributed by atoms with E-state index in [1.807, 2.05) is 0 Å². The third-order valence-corrected chi connectivity index (χ3v) is 6.47.